The molecule has 2 rings (SSSR count). The van der Waals surface area contributed by atoms with Crippen LogP contribution in [0.5, 0.6) is 5.88 Å². The quantitative estimate of drug-likeness (QED) is 0.788. The van der Waals surface area contributed by atoms with Crippen molar-refractivity contribution in [2.24, 2.45) is 0 Å². The summed E-state index contributed by atoms with van der Waals surface area (Å²) in [6.07, 6.45) is 4.77. The second-order valence-corrected chi connectivity index (χ2v) is 4.96. The van der Waals surface area contributed by atoms with Crippen LogP contribution in [0.25, 0.3) is 0 Å². The lowest BCUT2D eigenvalue weighted by Crippen LogP contribution is -2.40. The molecule has 5 heteroatoms. The Morgan fingerprint density at radius 2 is 2.39 bits per heavy atom. The number of hydrogen-bond acceptors (Lipinski definition) is 3. The largest absolute Gasteiger partial charge is 0.476 e. The highest BCUT2D eigenvalue weighted by Gasteiger charge is 2.20. The lowest BCUT2D eigenvalue weighted by molar-refractivity contribution is 0.122. The third-order valence-electron chi connectivity index (χ3n) is 3.37. The summed E-state index contributed by atoms with van der Waals surface area (Å²) < 4.78 is 18.7. The smallest absolute Gasteiger partial charge is 0.217 e. The molecule has 0 bridgehead atoms. The Bertz CT molecular complexity index is 403. The molecular weight excluding hydrogens is 255 g/mol. The van der Waals surface area contributed by atoms with Crippen molar-refractivity contribution in [3.8, 4) is 5.88 Å². The van der Waals surface area contributed by atoms with Gasteiger partial charge in [-0.3, -0.25) is 0 Å². The molecule has 1 fully saturated rings. The van der Waals surface area contributed by atoms with Crippen molar-refractivity contribution in [2.45, 2.75) is 31.2 Å². The van der Waals surface area contributed by atoms with Gasteiger partial charge in [-0.2, -0.15) is 0 Å². The fraction of sp³-hybridized carbons (Fsp3) is 0.615. The average Bonchev–Trinajstić information content (AvgIpc) is 2.39. The van der Waals surface area contributed by atoms with E-state index in [-0.39, 0.29) is 11.7 Å². The third kappa shape index (κ3) is 3.33. The SMILES string of the molecule is CN1CCCCC1COc1ncc(F)cc1CCl. The number of likely N-dealkylation sites (tertiary alicyclic amines) is 1. The number of hydrogen-bond donors (Lipinski definition) is 0. The first-order valence-corrected chi connectivity index (χ1v) is 6.77. The Labute approximate surface area is 112 Å². The summed E-state index contributed by atoms with van der Waals surface area (Å²) in [7, 11) is 2.10. The molecule has 1 aromatic heterocycles. The third-order valence-corrected chi connectivity index (χ3v) is 3.66. The summed E-state index contributed by atoms with van der Waals surface area (Å²) in [6, 6.07) is 1.79. The van der Waals surface area contributed by atoms with Gasteiger partial charge in [0.1, 0.15) is 12.4 Å². The molecule has 1 aliphatic rings. The Hall–Kier alpha value is -0.870. The zero-order chi connectivity index (χ0) is 13.0. The summed E-state index contributed by atoms with van der Waals surface area (Å²) in [6.45, 7) is 1.69. The molecule has 18 heavy (non-hydrogen) atoms. The average molecular weight is 273 g/mol. The fourth-order valence-electron chi connectivity index (χ4n) is 2.22. The van der Waals surface area contributed by atoms with Crippen LogP contribution in [-0.4, -0.2) is 36.1 Å². The summed E-state index contributed by atoms with van der Waals surface area (Å²) >= 11 is 5.76. The number of likely N-dealkylation sites (N-methyl/N-ethyl adjacent to an activating group) is 1. The van der Waals surface area contributed by atoms with Crippen molar-refractivity contribution in [2.75, 3.05) is 20.2 Å². The van der Waals surface area contributed by atoms with Crippen LogP contribution in [0.3, 0.4) is 0 Å². The number of pyridine rings is 1. The van der Waals surface area contributed by atoms with Gasteiger partial charge in [0, 0.05) is 11.6 Å². The van der Waals surface area contributed by atoms with E-state index in [1.54, 1.807) is 0 Å². The van der Waals surface area contributed by atoms with Crippen LogP contribution in [0.15, 0.2) is 12.3 Å². The number of alkyl halides is 1. The van der Waals surface area contributed by atoms with Gasteiger partial charge in [0.05, 0.1) is 12.1 Å². The van der Waals surface area contributed by atoms with Crippen LogP contribution in [0, 0.1) is 5.82 Å². The first-order valence-electron chi connectivity index (χ1n) is 6.24. The summed E-state index contributed by atoms with van der Waals surface area (Å²) in [5, 5.41) is 0. The molecule has 0 spiro atoms. The normalized spacial score (nSPS) is 20.9. The second-order valence-electron chi connectivity index (χ2n) is 4.69. The predicted molar refractivity (Wildman–Crippen MR) is 69.5 cm³/mol. The van der Waals surface area contributed by atoms with Gasteiger partial charge in [0.25, 0.3) is 0 Å². The van der Waals surface area contributed by atoms with Crippen LogP contribution in [-0.2, 0) is 5.88 Å². The number of halogens is 2. The molecule has 0 radical (unpaired) electrons. The molecule has 1 unspecified atom stereocenters. The maximum absolute atomic E-state index is 13.0. The molecule has 0 amide bonds. The van der Waals surface area contributed by atoms with Crippen LogP contribution in [0.1, 0.15) is 24.8 Å². The van der Waals surface area contributed by atoms with E-state index >= 15 is 0 Å². The second kappa shape index (κ2) is 6.34. The Kier molecular flexibility index (Phi) is 4.78. The van der Waals surface area contributed by atoms with Crippen molar-refractivity contribution in [3.05, 3.63) is 23.6 Å². The topological polar surface area (TPSA) is 25.4 Å². The van der Waals surface area contributed by atoms with Gasteiger partial charge >= 0.3 is 0 Å². The van der Waals surface area contributed by atoms with E-state index in [0.29, 0.717) is 24.1 Å². The zero-order valence-electron chi connectivity index (χ0n) is 10.5. The van der Waals surface area contributed by atoms with E-state index in [0.717, 1.165) is 19.2 Å². The van der Waals surface area contributed by atoms with E-state index in [2.05, 4.69) is 16.9 Å². The van der Waals surface area contributed by atoms with E-state index in [1.807, 2.05) is 0 Å². The van der Waals surface area contributed by atoms with Crippen molar-refractivity contribution in [3.63, 3.8) is 0 Å². The number of aromatic nitrogens is 1. The minimum Gasteiger partial charge on any atom is -0.476 e. The highest BCUT2D eigenvalue weighted by Crippen LogP contribution is 2.21. The van der Waals surface area contributed by atoms with Crippen LogP contribution in [0.4, 0.5) is 4.39 Å². The van der Waals surface area contributed by atoms with Crippen molar-refractivity contribution in [1.82, 2.24) is 9.88 Å². The molecule has 0 N–H and O–H groups in total. The van der Waals surface area contributed by atoms with Gasteiger partial charge in [-0.1, -0.05) is 6.42 Å². The summed E-state index contributed by atoms with van der Waals surface area (Å²) in [4.78, 5) is 6.26. The van der Waals surface area contributed by atoms with Gasteiger partial charge in [0.15, 0.2) is 0 Å². The van der Waals surface area contributed by atoms with Crippen LogP contribution < -0.4 is 4.74 Å². The molecule has 1 saturated heterocycles. The van der Waals surface area contributed by atoms with Crippen LogP contribution in [0.2, 0.25) is 0 Å². The van der Waals surface area contributed by atoms with Gasteiger partial charge in [-0.05, 0) is 32.5 Å². The molecule has 1 atom stereocenters. The van der Waals surface area contributed by atoms with Gasteiger partial charge in [-0.15, -0.1) is 11.6 Å². The minimum absolute atomic E-state index is 0.209. The fourth-order valence-corrected chi connectivity index (χ4v) is 2.42. The number of nitrogens with zero attached hydrogens (tertiary/aromatic N) is 2. The van der Waals surface area contributed by atoms with E-state index < -0.39 is 0 Å². The number of rotatable bonds is 4. The maximum atomic E-state index is 13.0. The van der Waals surface area contributed by atoms with Crippen molar-refractivity contribution < 1.29 is 9.13 Å². The number of ether oxygens (including phenoxy) is 1. The van der Waals surface area contributed by atoms with Gasteiger partial charge in [0.2, 0.25) is 5.88 Å². The molecule has 0 aromatic carbocycles. The lowest BCUT2D eigenvalue weighted by atomic mass is 10.0. The monoisotopic (exact) mass is 272 g/mol. The Balaban J connectivity index is 1.97. The first kappa shape index (κ1) is 13.6. The maximum Gasteiger partial charge on any atom is 0.217 e. The molecule has 3 nitrogen and oxygen atoms in total. The minimum atomic E-state index is -0.382. The Morgan fingerprint density at radius 1 is 1.56 bits per heavy atom. The molecule has 2 heterocycles. The zero-order valence-corrected chi connectivity index (χ0v) is 11.3. The summed E-state index contributed by atoms with van der Waals surface area (Å²) in [5.74, 6) is 0.277. The van der Waals surface area contributed by atoms with E-state index in [4.69, 9.17) is 16.3 Å². The van der Waals surface area contributed by atoms with Crippen molar-refractivity contribution in [1.29, 1.82) is 0 Å². The number of piperidine rings is 1. The Morgan fingerprint density at radius 3 is 3.11 bits per heavy atom. The van der Waals surface area contributed by atoms with Gasteiger partial charge < -0.3 is 9.64 Å². The highest BCUT2D eigenvalue weighted by molar-refractivity contribution is 6.17. The molecule has 100 valence electrons. The molecule has 0 aliphatic carbocycles. The molecule has 0 saturated carbocycles. The molecule has 1 aromatic rings. The molecule has 1 aliphatic heterocycles. The van der Waals surface area contributed by atoms with Gasteiger partial charge in [-0.25, -0.2) is 9.37 Å². The summed E-state index contributed by atoms with van der Waals surface area (Å²) in [5.41, 5.74) is 0.607. The van der Waals surface area contributed by atoms with E-state index in [9.17, 15) is 4.39 Å². The van der Waals surface area contributed by atoms with E-state index in [1.165, 1.54) is 18.9 Å². The molecular formula is C13H18ClFN2O. The van der Waals surface area contributed by atoms with Crippen LogP contribution >= 0.6 is 11.6 Å². The highest BCUT2D eigenvalue weighted by atomic mass is 35.5. The van der Waals surface area contributed by atoms with Crippen molar-refractivity contribution >= 4 is 11.6 Å². The first-order chi connectivity index (χ1) is 8.70. The standard InChI is InChI=1S/C13H18ClFN2O/c1-17-5-3-2-4-12(17)9-18-13-10(7-14)6-11(15)8-16-13/h6,8,12H,2-5,7,9H2,1H3. The predicted octanol–water partition coefficient (Wildman–Crippen LogP) is 2.82. The lowest BCUT2D eigenvalue weighted by Gasteiger charge is -2.32.